The lowest BCUT2D eigenvalue weighted by atomic mass is 10.1. The molecule has 0 aromatic heterocycles. The molecule has 0 aliphatic carbocycles. The van der Waals surface area contributed by atoms with Crippen LogP contribution in [0.3, 0.4) is 0 Å². The number of halogens is 2. The number of alkyl halides is 2. The van der Waals surface area contributed by atoms with Crippen molar-refractivity contribution in [3.63, 3.8) is 0 Å². The van der Waals surface area contributed by atoms with E-state index in [1.165, 1.54) is 36.4 Å². The second-order valence-electron chi connectivity index (χ2n) is 5.80. The Hall–Kier alpha value is -3.76. The summed E-state index contributed by atoms with van der Waals surface area (Å²) in [7, 11) is 0. The lowest BCUT2D eigenvalue weighted by molar-refractivity contribution is -0.385. The fourth-order valence-corrected chi connectivity index (χ4v) is 2.29. The number of nitro groups is 1. The van der Waals surface area contributed by atoms with Crippen molar-refractivity contribution in [1.29, 1.82) is 0 Å². The number of carbonyl (C=O) groups is 2. The normalized spacial score (nSPS) is 10.4. The molecule has 0 radical (unpaired) electrons. The number of hydrogen-bond donors (Lipinski definition) is 1. The lowest BCUT2D eigenvalue weighted by Crippen LogP contribution is -2.31. The summed E-state index contributed by atoms with van der Waals surface area (Å²) in [6.45, 7) is -3.80. The highest BCUT2D eigenvalue weighted by Gasteiger charge is 2.16. The van der Waals surface area contributed by atoms with E-state index in [0.717, 1.165) is 5.56 Å². The molecule has 0 saturated carbocycles. The zero-order chi connectivity index (χ0) is 21.9. The highest BCUT2D eigenvalue weighted by molar-refractivity contribution is 5.80. The van der Waals surface area contributed by atoms with Crippen molar-refractivity contribution in [2.45, 2.75) is 13.0 Å². The van der Waals surface area contributed by atoms with Crippen LogP contribution < -0.4 is 14.8 Å². The van der Waals surface area contributed by atoms with Gasteiger partial charge in [0.1, 0.15) is 5.75 Å². The van der Waals surface area contributed by atoms with Crippen LogP contribution >= 0.6 is 0 Å². The van der Waals surface area contributed by atoms with E-state index in [2.05, 4.69) is 10.1 Å². The van der Waals surface area contributed by atoms with E-state index in [9.17, 15) is 28.5 Å². The van der Waals surface area contributed by atoms with Crippen LogP contribution in [0.5, 0.6) is 11.5 Å². The first kappa shape index (κ1) is 22.5. The molecule has 0 unspecified atom stereocenters. The average molecular weight is 424 g/mol. The molecule has 2 aromatic rings. The Bertz CT molecular complexity index is 875. The summed E-state index contributed by atoms with van der Waals surface area (Å²) in [4.78, 5) is 33.6. The Balaban J connectivity index is 1.66. The largest absolute Gasteiger partial charge is 0.475 e. The number of ether oxygens (including phenoxy) is 3. The molecule has 0 bridgehead atoms. The number of rotatable bonds is 11. The third-order valence-electron chi connectivity index (χ3n) is 3.66. The first-order valence-electron chi connectivity index (χ1n) is 8.67. The van der Waals surface area contributed by atoms with Crippen LogP contribution in [0.1, 0.15) is 5.56 Å². The van der Waals surface area contributed by atoms with Gasteiger partial charge in [0.2, 0.25) is 0 Å². The minimum atomic E-state index is -2.90. The summed E-state index contributed by atoms with van der Waals surface area (Å²) in [5.74, 6) is -1.47. The molecular formula is C19H18F2N2O7. The molecule has 2 aromatic carbocycles. The van der Waals surface area contributed by atoms with E-state index in [1.807, 2.05) is 0 Å². The van der Waals surface area contributed by atoms with Crippen molar-refractivity contribution in [1.82, 2.24) is 5.32 Å². The fraction of sp³-hybridized carbons (Fsp3) is 0.263. The van der Waals surface area contributed by atoms with Gasteiger partial charge in [0, 0.05) is 12.6 Å². The second-order valence-corrected chi connectivity index (χ2v) is 5.80. The molecule has 11 heteroatoms. The number of carbonyl (C=O) groups excluding carboxylic acids is 2. The third-order valence-corrected chi connectivity index (χ3v) is 3.66. The van der Waals surface area contributed by atoms with Crippen LogP contribution in [0.2, 0.25) is 0 Å². The van der Waals surface area contributed by atoms with E-state index in [4.69, 9.17) is 9.47 Å². The highest BCUT2D eigenvalue weighted by Crippen LogP contribution is 2.25. The van der Waals surface area contributed by atoms with E-state index < -0.39 is 36.6 Å². The topological polar surface area (TPSA) is 117 Å². The molecule has 2 rings (SSSR count). The molecule has 0 heterocycles. The second kappa shape index (κ2) is 11.3. The number of nitrogens with zero attached hydrogens (tertiary/aromatic N) is 1. The summed E-state index contributed by atoms with van der Waals surface area (Å²) < 4.78 is 38.2. The van der Waals surface area contributed by atoms with Gasteiger partial charge in [-0.1, -0.05) is 24.3 Å². The Labute approximate surface area is 169 Å². The molecule has 9 nitrogen and oxygen atoms in total. The van der Waals surface area contributed by atoms with E-state index >= 15 is 0 Å². The van der Waals surface area contributed by atoms with Crippen LogP contribution in [0.25, 0.3) is 0 Å². The quantitative estimate of drug-likeness (QED) is 0.335. The third kappa shape index (κ3) is 7.70. The molecule has 0 atom stereocenters. The van der Waals surface area contributed by atoms with Gasteiger partial charge in [0.25, 0.3) is 5.91 Å². The standard InChI is InChI=1S/C19H18F2N2O7/c20-19(21)30-14-7-5-13(6-8-14)9-10-22-17(24)11-29-18(25)12-28-16-4-2-1-3-15(16)23(26)27/h1-8,19H,9-12H2,(H,22,24). The Morgan fingerprint density at radius 2 is 1.77 bits per heavy atom. The highest BCUT2D eigenvalue weighted by atomic mass is 19.3. The number of nitro benzene ring substituents is 1. The number of para-hydroxylation sites is 2. The predicted octanol–water partition coefficient (Wildman–Crippen LogP) is 2.48. The maximum absolute atomic E-state index is 12.1. The fourth-order valence-electron chi connectivity index (χ4n) is 2.29. The molecule has 0 aliphatic heterocycles. The van der Waals surface area contributed by atoms with Gasteiger partial charge in [-0.15, -0.1) is 0 Å². The van der Waals surface area contributed by atoms with Crippen molar-refractivity contribution in [2.24, 2.45) is 0 Å². The van der Waals surface area contributed by atoms with Gasteiger partial charge in [-0.25, -0.2) is 4.79 Å². The monoisotopic (exact) mass is 424 g/mol. The summed E-state index contributed by atoms with van der Waals surface area (Å²) in [6.07, 6.45) is 0.426. The van der Waals surface area contributed by atoms with Crippen LogP contribution in [-0.2, 0) is 20.7 Å². The zero-order valence-corrected chi connectivity index (χ0v) is 15.6. The summed E-state index contributed by atoms with van der Waals surface area (Å²) in [6, 6.07) is 11.5. The Morgan fingerprint density at radius 3 is 2.43 bits per heavy atom. The number of amides is 1. The van der Waals surface area contributed by atoms with Crippen LogP contribution in [-0.4, -0.2) is 43.2 Å². The smallest absolute Gasteiger partial charge is 0.387 e. The molecule has 0 aliphatic rings. The van der Waals surface area contributed by atoms with Crippen molar-refractivity contribution in [2.75, 3.05) is 19.8 Å². The SMILES string of the molecule is O=C(COC(=O)COc1ccccc1[N+](=O)[O-])NCCc1ccc(OC(F)F)cc1. The molecular weight excluding hydrogens is 406 g/mol. The van der Waals surface area contributed by atoms with E-state index in [1.54, 1.807) is 12.1 Å². The molecule has 30 heavy (non-hydrogen) atoms. The molecule has 160 valence electrons. The van der Waals surface area contributed by atoms with Gasteiger partial charge in [0.15, 0.2) is 19.0 Å². The molecule has 0 spiro atoms. The number of esters is 1. The van der Waals surface area contributed by atoms with Crippen LogP contribution in [0, 0.1) is 10.1 Å². The van der Waals surface area contributed by atoms with Gasteiger partial charge in [0.05, 0.1) is 4.92 Å². The van der Waals surface area contributed by atoms with Crippen LogP contribution in [0.4, 0.5) is 14.5 Å². The number of hydrogen-bond acceptors (Lipinski definition) is 7. The number of nitrogens with one attached hydrogen (secondary N) is 1. The van der Waals surface area contributed by atoms with Gasteiger partial charge in [-0.3, -0.25) is 14.9 Å². The molecule has 0 saturated heterocycles. The van der Waals surface area contributed by atoms with Crippen molar-refractivity contribution >= 4 is 17.6 Å². The Kier molecular flexibility index (Phi) is 8.48. The predicted molar refractivity (Wildman–Crippen MR) is 99.3 cm³/mol. The van der Waals surface area contributed by atoms with Crippen molar-refractivity contribution in [3.8, 4) is 11.5 Å². The van der Waals surface area contributed by atoms with Gasteiger partial charge in [-0.05, 0) is 30.2 Å². The summed E-state index contributed by atoms with van der Waals surface area (Å²) in [5.41, 5.74) is 0.489. The molecule has 1 amide bonds. The maximum Gasteiger partial charge on any atom is 0.387 e. The van der Waals surface area contributed by atoms with E-state index in [-0.39, 0.29) is 23.7 Å². The van der Waals surface area contributed by atoms with Gasteiger partial charge in [-0.2, -0.15) is 8.78 Å². The van der Waals surface area contributed by atoms with Crippen molar-refractivity contribution < 1.29 is 37.5 Å². The zero-order valence-electron chi connectivity index (χ0n) is 15.6. The van der Waals surface area contributed by atoms with Gasteiger partial charge < -0.3 is 19.5 Å². The minimum Gasteiger partial charge on any atom is -0.475 e. The Morgan fingerprint density at radius 1 is 1.07 bits per heavy atom. The lowest BCUT2D eigenvalue weighted by Gasteiger charge is -2.09. The number of benzene rings is 2. The van der Waals surface area contributed by atoms with Gasteiger partial charge >= 0.3 is 18.3 Å². The minimum absolute atomic E-state index is 0.0350. The molecule has 0 fully saturated rings. The maximum atomic E-state index is 12.1. The molecule has 1 N–H and O–H groups in total. The van der Waals surface area contributed by atoms with E-state index in [0.29, 0.717) is 6.42 Å². The average Bonchev–Trinajstić information content (AvgIpc) is 2.71. The first-order valence-corrected chi connectivity index (χ1v) is 8.67. The van der Waals surface area contributed by atoms with Crippen LogP contribution in [0.15, 0.2) is 48.5 Å². The van der Waals surface area contributed by atoms with Crippen molar-refractivity contribution in [3.05, 3.63) is 64.2 Å². The summed E-state index contributed by atoms with van der Waals surface area (Å²) in [5, 5.41) is 13.4. The first-order chi connectivity index (χ1) is 14.3. The summed E-state index contributed by atoms with van der Waals surface area (Å²) >= 11 is 0.